The first-order valence-electron chi connectivity index (χ1n) is 16.1. The summed E-state index contributed by atoms with van der Waals surface area (Å²) in [6, 6.07) is 0. The third kappa shape index (κ3) is 4.24. The molecule has 3 N–H and O–H groups in total. The fourth-order valence-corrected chi connectivity index (χ4v) is 11.4. The van der Waals surface area contributed by atoms with Crippen molar-refractivity contribution in [1.29, 1.82) is 0 Å². The van der Waals surface area contributed by atoms with E-state index >= 15 is 0 Å². The molecule has 5 aliphatic rings. The Morgan fingerprint density at radius 1 is 0.929 bits per heavy atom. The molecular formula is C34H52O8. The lowest BCUT2D eigenvalue weighted by atomic mass is 9.33. The molecule has 0 aromatic carbocycles. The van der Waals surface area contributed by atoms with E-state index in [0.29, 0.717) is 18.3 Å². The number of fused-ring (bicyclic) bond motifs is 7. The third-order valence-electron chi connectivity index (χ3n) is 13.6. The summed E-state index contributed by atoms with van der Waals surface area (Å²) in [5.41, 5.74) is 0.378. The summed E-state index contributed by atoms with van der Waals surface area (Å²) in [6.45, 7) is 15.0. The van der Waals surface area contributed by atoms with Crippen LogP contribution >= 0.6 is 0 Å². The van der Waals surface area contributed by atoms with Crippen molar-refractivity contribution in [2.75, 3.05) is 13.2 Å². The van der Waals surface area contributed by atoms with Crippen LogP contribution in [0.5, 0.6) is 0 Å². The number of aliphatic carboxylic acids is 1. The molecule has 0 radical (unpaired) electrons. The second-order valence-electron chi connectivity index (χ2n) is 15.9. The van der Waals surface area contributed by atoms with E-state index in [1.807, 2.05) is 13.8 Å². The van der Waals surface area contributed by atoms with Gasteiger partial charge >= 0.3 is 12.1 Å². The number of aliphatic hydroxyl groups is 2. The SMILES string of the molecule is CC(C)C1=C2[C@H]3CCC4[C@@]5(C)CC[C@H](OC(=O)OCC(O)CO)C(C)(C)[C@@H]5CC[C@@]4(C)[C@]3(C)CC[C@@]2(C(=O)O)CC1=O. The highest BCUT2D eigenvalue weighted by atomic mass is 16.7. The number of carboxylic acids is 1. The van der Waals surface area contributed by atoms with Crippen molar-refractivity contribution in [1.82, 2.24) is 0 Å². The van der Waals surface area contributed by atoms with E-state index in [-0.39, 0.29) is 58.4 Å². The summed E-state index contributed by atoms with van der Waals surface area (Å²) in [4.78, 5) is 38.7. The number of carbonyl (C=O) groups is 3. The quantitative estimate of drug-likeness (QED) is 0.326. The molecule has 4 saturated carbocycles. The molecule has 5 aliphatic carbocycles. The zero-order valence-electron chi connectivity index (χ0n) is 26.6. The van der Waals surface area contributed by atoms with Crippen molar-refractivity contribution in [3.8, 4) is 0 Å². The van der Waals surface area contributed by atoms with Gasteiger partial charge in [-0.1, -0.05) is 48.5 Å². The second kappa shape index (κ2) is 10.3. The van der Waals surface area contributed by atoms with Crippen molar-refractivity contribution >= 4 is 17.9 Å². The number of aliphatic hydroxyl groups excluding tert-OH is 2. The molecule has 8 nitrogen and oxygen atoms in total. The van der Waals surface area contributed by atoms with Crippen molar-refractivity contribution in [2.24, 2.45) is 50.7 Å². The van der Waals surface area contributed by atoms with Crippen LogP contribution in [0.1, 0.15) is 106 Å². The summed E-state index contributed by atoms with van der Waals surface area (Å²) in [5.74, 6) is 0.108. The molecule has 0 heterocycles. The summed E-state index contributed by atoms with van der Waals surface area (Å²) in [7, 11) is 0. The lowest BCUT2D eigenvalue weighted by molar-refractivity contribution is -0.230. The average molecular weight is 589 g/mol. The van der Waals surface area contributed by atoms with Crippen molar-refractivity contribution in [3.05, 3.63) is 11.1 Å². The summed E-state index contributed by atoms with van der Waals surface area (Å²) >= 11 is 0. The number of rotatable bonds is 6. The number of ketones is 1. The van der Waals surface area contributed by atoms with E-state index < -0.39 is 30.3 Å². The Morgan fingerprint density at radius 3 is 2.24 bits per heavy atom. The van der Waals surface area contributed by atoms with Crippen LogP contribution in [0.2, 0.25) is 0 Å². The molecule has 8 heteroatoms. The summed E-state index contributed by atoms with van der Waals surface area (Å²) in [6.07, 6.45) is 4.82. The van der Waals surface area contributed by atoms with Gasteiger partial charge in [-0.2, -0.15) is 0 Å². The van der Waals surface area contributed by atoms with Crippen molar-refractivity contribution in [2.45, 2.75) is 118 Å². The van der Waals surface area contributed by atoms with Crippen LogP contribution in [-0.2, 0) is 19.1 Å². The number of Topliss-reactive ketones (excluding diaryl/α,β-unsaturated/α-hetero) is 1. The van der Waals surface area contributed by atoms with Crippen LogP contribution in [0.25, 0.3) is 0 Å². The summed E-state index contributed by atoms with van der Waals surface area (Å²) in [5, 5.41) is 29.1. The number of carbonyl (C=O) groups excluding carboxylic acids is 2. The average Bonchev–Trinajstić information content (AvgIpc) is 3.22. The van der Waals surface area contributed by atoms with Crippen LogP contribution in [0.4, 0.5) is 4.79 Å². The second-order valence-corrected chi connectivity index (χ2v) is 15.9. The van der Waals surface area contributed by atoms with Gasteiger partial charge in [0.15, 0.2) is 5.78 Å². The largest absolute Gasteiger partial charge is 0.508 e. The van der Waals surface area contributed by atoms with Gasteiger partial charge in [0.1, 0.15) is 18.8 Å². The first-order valence-corrected chi connectivity index (χ1v) is 16.1. The maximum absolute atomic E-state index is 13.4. The van der Waals surface area contributed by atoms with Crippen LogP contribution in [-0.4, -0.2) is 58.6 Å². The van der Waals surface area contributed by atoms with Crippen LogP contribution < -0.4 is 0 Å². The molecule has 0 bridgehead atoms. The molecule has 0 aliphatic heterocycles. The molecule has 0 spiro atoms. The number of ether oxygens (including phenoxy) is 2. The normalized spacial score (nSPS) is 43.1. The Morgan fingerprint density at radius 2 is 1.62 bits per heavy atom. The summed E-state index contributed by atoms with van der Waals surface area (Å²) < 4.78 is 10.9. The minimum atomic E-state index is -1.12. The van der Waals surface area contributed by atoms with E-state index in [1.54, 1.807) is 0 Å². The molecule has 236 valence electrons. The highest BCUT2D eigenvalue weighted by molar-refractivity contribution is 6.05. The Balaban J connectivity index is 1.45. The first-order chi connectivity index (χ1) is 19.5. The van der Waals surface area contributed by atoms with Gasteiger partial charge in [0.05, 0.1) is 12.0 Å². The van der Waals surface area contributed by atoms with Gasteiger partial charge in [-0.05, 0) is 102 Å². The molecule has 0 amide bonds. The zero-order chi connectivity index (χ0) is 31.0. The Labute approximate surface area is 250 Å². The lowest BCUT2D eigenvalue weighted by Gasteiger charge is -2.72. The predicted octanol–water partition coefficient (Wildman–Crippen LogP) is 5.93. The first kappa shape index (κ1) is 31.5. The van der Waals surface area contributed by atoms with Gasteiger partial charge in [0.25, 0.3) is 0 Å². The van der Waals surface area contributed by atoms with Crippen LogP contribution in [0.15, 0.2) is 11.1 Å². The zero-order valence-corrected chi connectivity index (χ0v) is 26.6. The van der Waals surface area contributed by atoms with Gasteiger partial charge in [-0.25, -0.2) is 4.79 Å². The van der Waals surface area contributed by atoms with Crippen molar-refractivity contribution < 1.29 is 39.2 Å². The van der Waals surface area contributed by atoms with E-state index in [9.17, 15) is 24.6 Å². The van der Waals surface area contributed by atoms with Crippen molar-refractivity contribution in [3.63, 3.8) is 0 Å². The van der Waals surface area contributed by atoms with Gasteiger partial charge in [-0.15, -0.1) is 0 Å². The monoisotopic (exact) mass is 588 g/mol. The molecule has 4 fully saturated rings. The molecule has 5 rings (SSSR count). The molecule has 0 aromatic rings. The maximum Gasteiger partial charge on any atom is 0.508 e. The number of hydrogen-bond acceptors (Lipinski definition) is 7. The molecular weight excluding hydrogens is 536 g/mol. The fraction of sp³-hybridized carbons (Fsp3) is 0.853. The Kier molecular flexibility index (Phi) is 7.74. The standard InChI is InChI=1S/C34H52O8/c1-19(2)26-22(37)16-34(28(38)39)15-14-32(6)21(27(26)34)8-9-24-31(5)12-11-25(42-29(40)41-18-20(36)17-35)30(3,4)23(31)10-13-33(24,32)7/h19-21,23-25,35-36H,8-18H2,1-7H3,(H,38,39)/t20?,21-,23+,24?,25+,31+,32-,33-,34-/m1/s1. The molecule has 0 aromatic heterocycles. The van der Waals surface area contributed by atoms with Gasteiger partial charge < -0.3 is 24.8 Å². The van der Waals surface area contributed by atoms with Crippen LogP contribution in [0.3, 0.4) is 0 Å². The smallest absolute Gasteiger partial charge is 0.481 e. The lowest BCUT2D eigenvalue weighted by Crippen LogP contribution is -2.66. The molecule has 9 atom stereocenters. The highest BCUT2D eigenvalue weighted by Gasteiger charge is 2.71. The molecule has 42 heavy (non-hydrogen) atoms. The Bertz CT molecular complexity index is 1170. The van der Waals surface area contributed by atoms with E-state index in [4.69, 9.17) is 14.6 Å². The molecule has 0 saturated heterocycles. The highest BCUT2D eigenvalue weighted by Crippen LogP contribution is 2.76. The van der Waals surface area contributed by atoms with E-state index in [2.05, 4.69) is 34.6 Å². The van der Waals surface area contributed by atoms with E-state index in [1.165, 1.54) is 0 Å². The van der Waals surface area contributed by atoms with E-state index in [0.717, 1.165) is 56.1 Å². The predicted molar refractivity (Wildman–Crippen MR) is 156 cm³/mol. The van der Waals surface area contributed by atoms with Crippen LogP contribution in [0, 0.1) is 50.7 Å². The minimum absolute atomic E-state index is 0.00427. The van der Waals surface area contributed by atoms with Gasteiger partial charge in [0.2, 0.25) is 0 Å². The van der Waals surface area contributed by atoms with Gasteiger partial charge in [-0.3, -0.25) is 9.59 Å². The fourth-order valence-electron chi connectivity index (χ4n) is 11.4. The number of carboxylic acid groups (broad SMARTS) is 1. The molecule has 2 unspecified atom stereocenters. The Hall–Kier alpha value is -1.93. The number of allylic oxidation sites excluding steroid dienone is 1. The topological polar surface area (TPSA) is 130 Å². The van der Waals surface area contributed by atoms with Gasteiger partial charge in [0, 0.05) is 11.8 Å². The minimum Gasteiger partial charge on any atom is -0.481 e. The third-order valence-corrected chi connectivity index (χ3v) is 13.6. The maximum atomic E-state index is 13.4. The number of hydrogen-bond donors (Lipinski definition) is 3.